The Hall–Kier alpha value is -3.48. The highest BCUT2D eigenvalue weighted by atomic mass is 16.7. The Bertz CT molecular complexity index is 1170. The topological polar surface area (TPSA) is 49.4 Å². The Morgan fingerprint density at radius 2 is 1.35 bits per heavy atom. The van der Waals surface area contributed by atoms with Crippen molar-refractivity contribution in [3.63, 3.8) is 0 Å². The third-order valence-electron chi connectivity index (χ3n) is 6.58. The second kappa shape index (κ2) is 13.2. The van der Waals surface area contributed by atoms with Crippen LogP contribution in [0.15, 0.2) is 66.7 Å². The van der Waals surface area contributed by atoms with Gasteiger partial charge < -0.3 is 28.6 Å². The Morgan fingerprint density at radius 1 is 0.757 bits per heavy atom. The van der Waals surface area contributed by atoms with Crippen molar-refractivity contribution >= 4 is 11.1 Å². The molecule has 37 heavy (non-hydrogen) atoms. The monoisotopic (exact) mass is 503 g/mol. The maximum Gasteiger partial charge on any atom is 0.231 e. The summed E-state index contributed by atoms with van der Waals surface area (Å²) < 4.78 is 27.9. The molecule has 3 aromatic carbocycles. The van der Waals surface area contributed by atoms with Crippen LogP contribution in [0.2, 0.25) is 0 Å². The van der Waals surface area contributed by atoms with E-state index in [1.165, 1.54) is 5.57 Å². The third kappa shape index (κ3) is 6.64. The highest BCUT2D eigenvalue weighted by molar-refractivity contribution is 5.99. The van der Waals surface area contributed by atoms with E-state index in [4.69, 9.17) is 23.7 Å². The fraction of sp³-hybridized carbons (Fsp3) is 0.355. The summed E-state index contributed by atoms with van der Waals surface area (Å²) in [5.41, 5.74) is 5.72. The zero-order valence-corrected chi connectivity index (χ0v) is 22.3. The molecule has 6 nitrogen and oxygen atoms in total. The summed E-state index contributed by atoms with van der Waals surface area (Å²) in [5.74, 6) is 3.21. The van der Waals surface area contributed by atoms with Gasteiger partial charge in [0.05, 0.1) is 0 Å². The Labute approximate surface area is 220 Å². The second-order valence-electron chi connectivity index (χ2n) is 8.75. The van der Waals surface area contributed by atoms with E-state index in [1.54, 1.807) is 7.11 Å². The summed E-state index contributed by atoms with van der Waals surface area (Å²) in [6, 6.07) is 22.7. The minimum absolute atomic E-state index is 0.217. The van der Waals surface area contributed by atoms with E-state index >= 15 is 0 Å². The molecule has 196 valence electrons. The fourth-order valence-corrected chi connectivity index (χ4v) is 4.52. The van der Waals surface area contributed by atoms with E-state index in [2.05, 4.69) is 74.2 Å². The minimum atomic E-state index is 0.217. The first-order valence-corrected chi connectivity index (χ1v) is 13.0. The van der Waals surface area contributed by atoms with Gasteiger partial charge in [0.15, 0.2) is 18.3 Å². The van der Waals surface area contributed by atoms with Gasteiger partial charge in [-0.2, -0.15) is 0 Å². The molecule has 1 aliphatic heterocycles. The summed E-state index contributed by atoms with van der Waals surface area (Å²) in [6.07, 6.45) is 0.846. The number of nitrogens with zero attached hydrogens (tertiary/aromatic N) is 1. The fourth-order valence-electron chi connectivity index (χ4n) is 4.52. The Balaban J connectivity index is 1.68. The number of fused-ring (bicyclic) bond motifs is 1. The lowest BCUT2D eigenvalue weighted by atomic mass is 9.88. The standard InChI is InChI=1S/C31H37NO5/c1-5-28(25-12-17-29-30(20-25)37-22-36-29)31(24-10-15-27(16-11-24)35-21-33-4)23-8-13-26(14-9-23)34-19-18-32(6-2)7-3/h8-17,20H,5-7,18-19,21-22H2,1-4H3. The molecule has 1 aliphatic rings. The molecule has 0 spiro atoms. The van der Waals surface area contributed by atoms with Crippen LogP contribution < -0.4 is 18.9 Å². The molecule has 0 fully saturated rings. The van der Waals surface area contributed by atoms with E-state index < -0.39 is 0 Å². The number of rotatable bonds is 13. The van der Waals surface area contributed by atoms with Crippen LogP contribution in [-0.4, -0.2) is 51.8 Å². The highest BCUT2D eigenvalue weighted by Crippen LogP contribution is 2.40. The Morgan fingerprint density at radius 3 is 1.95 bits per heavy atom. The second-order valence-corrected chi connectivity index (χ2v) is 8.75. The van der Waals surface area contributed by atoms with Crippen LogP contribution in [0.4, 0.5) is 0 Å². The number of hydrogen-bond acceptors (Lipinski definition) is 6. The first-order valence-electron chi connectivity index (χ1n) is 13.0. The summed E-state index contributed by atoms with van der Waals surface area (Å²) in [7, 11) is 1.62. The first-order chi connectivity index (χ1) is 18.2. The number of likely N-dealkylation sites (N-methyl/N-ethyl adjacent to an activating group) is 1. The molecule has 0 atom stereocenters. The van der Waals surface area contributed by atoms with Crippen molar-refractivity contribution in [2.45, 2.75) is 27.2 Å². The molecule has 0 aliphatic carbocycles. The molecular weight excluding hydrogens is 466 g/mol. The minimum Gasteiger partial charge on any atom is -0.492 e. The van der Waals surface area contributed by atoms with Crippen molar-refractivity contribution in [3.8, 4) is 23.0 Å². The van der Waals surface area contributed by atoms with Gasteiger partial charge in [0, 0.05) is 13.7 Å². The van der Waals surface area contributed by atoms with E-state index in [-0.39, 0.29) is 13.6 Å². The number of benzene rings is 3. The van der Waals surface area contributed by atoms with Crippen LogP contribution in [0, 0.1) is 0 Å². The van der Waals surface area contributed by atoms with Crippen LogP contribution in [-0.2, 0) is 4.74 Å². The van der Waals surface area contributed by atoms with Gasteiger partial charge in [-0.15, -0.1) is 0 Å². The molecule has 4 rings (SSSR count). The molecular formula is C31H37NO5. The van der Waals surface area contributed by atoms with Gasteiger partial charge >= 0.3 is 0 Å². The van der Waals surface area contributed by atoms with Crippen molar-refractivity contribution in [1.82, 2.24) is 4.90 Å². The summed E-state index contributed by atoms with van der Waals surface area (Å²) in [6.45, 7) is 10.7. The lowest BCUT2D eigenvalue weighted by Crippen LogP contribution is -2.27. The van der Waals surface area contributed by atoms with E-state index in [1.807, 2.05) is 18.2 Å². The van der Waals surface area contributed by atoms with Gasteiger partial charge in [-0.25, -0.2) is 0 Å². The predicted molar refractivity (Wildman–Crippen MR) is 147 cm³/mol. The molecule has 3 aromatic rings. The molecule has 6 heteroatoms. The average Bonchev–Trinajstić information content (AvgIpc) is 3.42. The number of methoxy groups -OCH3 is 1. The molecule has 0 saturated carbocycles. The van der Waals surface area contributed by atoms with Crippen LogP contribution in [0.25, 0.3) is 11.1 Å². The molecule has 0 bridgehead atoms. The largest absolute Gasteiger partial charge is 0.492 e. The molecule has 0 amide bonds. The molecule has 1 heterocycles. The zero-order valence-electron chi connectivity index (χ0n) is 22.3. The van der Waals surface area contributed by atoms with Crippen LogP contribution >= 0.6 is 0 Å². The molecule has 0 saturated heterocycles. The average molecular weight is 504 g/mol. The molecule has 0 radical (unpaired) electrons. The van der Waals surface area contributed by atoms with Crippen LogP contribution in [0.5, 0.6) is 23.0 Å². The number of allylic oxidation sites excluding steroid dienone is 1. The lowest BCUT2D eigenvalue weighted by Gasteiger charge is -2.19. The van der Waals surface area contributed by atoms with Gasteiger partial charge in [0.1, 0.15) is 18.1 Å². The first kappa shape index (κ1) is 26.6. The van der Waals surface area contributed by atoms with Gasteiger partial charge in [0.25, 0.3) is 0 Å². The van der Waals surface area contributed by atoms with E-state index in [0.29, 0.717) is 6.61 Å². The summed E-state index contributed by atoms with van der Waals surface area (Å²) in [5, 5.41) is 0. The zero-order chi connectivity index (χ0) is 26.0. The van der Waals surface area contributed by atoms with Gasteiger partial charge in [-0.1, -0.05) is 51.1 Å². The van der Waals surface area contributed by atoms with Crippen molar-refractivity contribution in [2.24, 2.45) is 0 Å². The van der Waals surface area contributed by atoms with Gasteiger partial charge in [-0.05, 0) is 83.7 Å². The normalized spacial score (nSPS) is 13.0. The van der Waals surface area contributed by atoms with E-state index in [0.717, 1.165) is 71.3 Å². The quantitative estimate of drug-likeness (QED) is 0.196. The summed E-state index contributed by atoms with van der Waals surface area (Å²) in [4.78, 5) is 2.36. The van der Waals surface area contributed by atoms with Crippen molar-refractivity contribution in [3.05, 3.63) is 83.4 Å². The Kier molecular flexibility index (Phi) is 9.46. The van der Waals surface area contributed by atoms with Crippen molar-refractivity contribution in [2.75, 3.05) is 46.9 Å². The molecule has 0 aromatic heterocycles. The molecule has 0 N–H and O–H groups in total. The van der Waals surface area contributed by atoms with Crippen LogP contribution in [0.1, 0.15) is 43.9 Å². The SMILES string of the molecule is CCC(=C(c1ccc(OCCN(CC)CC)cc1)c1ccc(OCOC)cc1)c1ccc2c(c1)OCO2. The predicted octanol–water partition coefficient (Wildman–Crippen LogP) is 6.49. The number of hydrogen-bond donors (Lipinski definition) is 0. The van der Waals surface area contributed by atoms with Crippen molar-refractivity contribution < 1.29 is 23.7 Å². The van der Waals surface area contributed by atoms with Crippen LogP contribution in [0.3, 0.4) is 0 Å². The highest BCUT2D eigenvalue weighted by Gasteiger charge is 2.18. The van der Waals surface area contributed by atoms with Crippen molar-refractivity contribution in [1.29, 1.82) is 0 Å². The maximum absolute atomic E-state index is 6.04. The smallest absolute Gasteiger partial charge is 0.231 e. The number of ether oxygens (including phenoxy) is 5. The maximum atomic E-state index is 6.04. The van der Waals surface area contributed by atoms with E-state index in [9.17, 15) is 0 Å². The third-order valence-corrected chi connectivity index (χ3v) is 6.58. The molecule has 0 unspecified atom stereocenters. The van der Waals surface area contributed by atoms with Gasteiger partial charge in [0.2, 0.25) is 6.79 Å². The van der Waals surface area contributed by atoms with Gasteiger partial charge in [-0.3, -0.25) is 0 Å². The lowest BCUT2D eigenvalue weighted by molar-refractivity contribution is 0.0511. The summed E-state index contributed by atoms with van der Waals surface area (Å²) >= 11 is 0.